The van der Waals surface area contributed by atoms with Gasteiger partial charge in [0.1, 0.15) is 0 Å². The molecule has 1 nitrogen and oxygen atoms in total. The van der Waals surface area contributed by atoms with E-state index in [-0.39, 0.29) is 0 Å². The van der Waals surface area contributed by atoms with E-state index in [2.05, 4.69) is 4.90 Å². The van der Waals surface area contributed by atoms with Crippen molar-refractivity contribution < 1.29 is 0 Å². The van der Waals surface area contributed by atoms with Gasteiger partial charge in [-0.3, -0.25) is 0 Å². The SMILES string of the molecule is C1CC[C@H]2CCCCN2CC1. The summed E-state index contributed by atoms with van der Waals surface area (Å²) in [6.07, 6.45) is 10.3. The Hall–Kier alpha value is -0.0400. The average molecular weight is 153 g/mol. The maximum atomic E-state index is 2.73. The van der Waals surface area contributed by atoms with E-state index in [1.165, 1.54) is 58.0 Å². The van der Waals surface area contributed by atoms with E-state index in [0.717, 1.165) is 6.04 Å². The lowest BCUT2D eigenvalue weighted by atomic mass is 9.99. The van der Waals surface area contributed by atoms with Crippen LogP contribution in [0.15, 0.2) is 0 Å². The molecule has 0 radical (unpaired) electrons. The Morgan fingerprint density at radius 3 is 2.18 bits per heavy atom. The van der Waals surface area contributed by atoms with Crippen LogP contribution in [0.2, 0.25) is 0 Å². The maximum Gasteiger partial charge on any atom is 0.00952 e. The quantitative estimate of drug-likeness (QED) is 0.516. The van der Waals surface area contributed by atoms with Crippen molar-refractivity contribution in [2.75, 3.05) is 13.1 Å². The maximum absolute atomic E-state index is 2.73. The van der Waals surface area contributed by atoms with Gasteiger partial charge in [-0.2, -0.15) is 0 Å². The molecular weight excluding hydrogens is 134 g/mol. The molecule has 0 amide bonds. The Bertz CT molecular complexity index is 108. The molecule has 0 aromatic rings. The highest BCUT2D eigenvalue weighted by Gasteiger charge is 2.22. The normalized spacial score (nSPS) is 34.4. The second-order valence-corrected chi connectivity index (χ2v) is 4.03. The van der Waals surface area contributed by atoms with Crippen molar-refractivity contribution in [2.45, 2.75) is 51.0 Å². The molecule has 0 saturated carbocycles. The van der Waals surface area contributed by atoms with Crippen molar-refractivity contribution >= 4 is 0 Å². The zero-order valence-corrected chi connectivity index (χ0v) is 7.39. The van der Waals surface area contributed by atoms with Gasteiger partial charge in [0.15, 0.2) is 0 Å². The molecule has 2 heterocycles. The number of nitrogens with zero attached hydrogens (tertiary/aromatic N) is 1. The van der Waals surface area contributed by atoms with Gasteiger partial charge in [0.2, 0.25) is 0 Å². The highest BCUT2D eigenvalue weighted by atomic mass is 15.2. The number of piperidine rings is 1. The highest BCUT2D eigenvalue weighted by molar-refractivity contribution is 4.78. The Kier molecular flexibility index (Phi) is 2.47. The summed E-state index contributed by atoms with van der Waals surface area (Å²) in [4.78, 5) is 2.73. The summed E-state index contributed by atoms with van der Waals surface area (Å²) >= 11 is 0. The third-order valence-corrected chi connectivity index (χ3v) is 3.23. The van der Waals surface area contributed by atoms with Crippen LogP contribution >= 0.6 is 0 Å². The summed E-state index contributed by atoms with van der Waals surface area (Å²) in [6, 6.07) is 0.978. The molecule has 1 atom stereocenters. The molecule has 0 aromatic heterocycles. The van der Waals surface area contributed by atoms with Crippen LogP contribution in [0.5, 0.6) is 0 Å². The summed E-state index contributed by atoms with van der Waals surface area (Å²) in [5.74, 6) is 0. The first-order valence-corrected chi connectivity index (χ1v) is 5.21. The molecule has 64 valence electrons. The molecular formula is C10H19N. The summed E-state index contributed by atoms with van der Waals surface area (Å²) in [5.41, 5.74) is 0. The molecule has 2 fully saturated rings. The lowest BCUT2D eigenvalue weighted by Gasteiger charge is -2.33. The Morgan fingerprint density at radius 1 is 0.727 bits per heavy atom. The van der Waals surface area contributed by atoms with Gasteiger partial charge in [0, 0.05) is 6.04 Å². The van der Waals surface area contributed by atoms with E-state index in [4.69, 9.17) is 0 Å². The van der Waals surface area contributed by atoms with Crippen LogP contribution in [0, 0.1) is 0 Å². The highest BCUT2D eigenvalue weighted by Crippen LogP contribution is 2.24. The van der Waals surface area contributed by atoms with Crippen molar-refractivity contribution in [1.29, 1.82) is 0 Å². The molecule has 11 heavy (non-hydrogen) atoms. The minimum absolute atomic E-state index is 0.978. The fraction of sp³-hybridized carbons (Fsp3) is 1.00. The molecule has 0 aliphatic carbocycles. The van der Waals surface area contributed by atoms with Crippen molar-refractivity contribution in [2.24, 2.45) is 0 Å². The van der Waals surface area contributed by atoms with Gasteiger partial charge in [0.05, 0.1) is 0 Å². The van der Waals surface area contributed by atoms with Gasteiger partial charge in [-0.05, 0) is 38.8 Å². The number of hydrogen-bond donors (Lipinski definition) is 0. The van der Waals surface area contributed by atoms with E-state index < -0.39 is 0 Å². The molecule has 2 aliphatic rings. The topological polar surface area (TPSA) is 3.24 Å². The number of rotatable bonds is 0. The summed E-state index contributed by atoms with van der Waals surface area (Å²) in [5, 5.41) is 0. The first-order chi connectivity index (χ1) is 5.47. The predicted octanol–water partition coefficient (Wildman–Crippen LogP) is 2.41. The van der Waals surface area contributed by atoms with Crippen LogP contribution in [-0.4, -0.2) is 24.0 Å². The standard InChI is InChI=1S/C10H19N/c1-2-6-10-7-3-5-9-11(10)8-4-1/h10H,1-9H2/t10-/m0/s1. The zero-order valence-electron chi connectivity index (χ0n) is 7.39. The van der Waals surface area contributed by atoms with Crippen molar-refractivity contribution in [3.05, 3.63) is 0 Å². The molecule has 0 unspecified atom stereocenters. The van der Waals surface area contributed by atoms with Crippen molar-refractivity contribution in [1.82, 2.24) is 4.90 Å². The second-order valence-electron chi connectivity index (χ2n) is 4.03. The molecule has 0 spiro atoms. The van der Waals surface area contributed by atoms with E-state index in [9.17, 15) is 0 Å². The third kappa shape index (κ3) is 1.76. The minimum Gasteiger partial charge on any atom is -0.300 e. The molecule has 1 heteroatoms. The van der Waals surface area contributed by atoms with Crippen LogP contribution in [0.4, 0.5) is 0 Å². The third-order valence-electron chi connectivity index (χ3n) is 3.23. The Morgan fingerprint density at radius 2 is 1.36 bits per heavy atom. The zero-order chi connectivity index (χ0) is 7.52. The van der Waals surface area contributed by atoms with Crippen LogP contribution in [0.1, 0.15) is 44.9 Å². The largest absolute Gasteiger partial charge is 0.300 e. The Labute approximate surface area is 69.8 Å². The molecule has 0 N–H and O–H groups in total. The molecule has 2 rings (SSSR count). The van der Waals surface area contributed by atoms with Gasteiger partial charge in [0.25, 0.3) is 0 Å². The molecule has 0 aromatic carbocycles. The fourth-order valence-electron chi connectivity index (χ4n) is 2.55. The van der Waals surface area contributed by atoms with Gasteiger partial charge in [-0.1, -0.05) is 19.3 Å². The van der Waals surface area contributed by atoms with Crippen LogP contribution in [0.25, 0.3) is 0 Å². The summed E-state index contributed by atoms with van der Waals surface area (Å²) in [7, 11) is 0. The smallest absolute Gasteiger partial charge is 0.00952 e. The first-order valence-electron chi connectivity index (χ1n) is 5.21. The van der Waals surface area contributed by atoms with Crippen LogP contribution < -0.4 is 0 Å². The number of hydrogen-bond acceptors (Lipinski definition) is 1. The predicted molar refractivity (Wildman–Crippen MR) is 47.7 cm³/mol. The lowest BCUT2D eigenvalue weighted by molar-refractivity contribution is 0.152. The lowest BCUT2D eigenvalue weighted by Crippen LogP contribution is -2.38. The van der Waals surface area contributed by atoms with Gasteiger partial charge >= 0.3 is 0 Å². The molecule has 2 aliphatic heterocycles. The van der Waals surface area contributed by atoms with Gasteiger partial charge < -0.3 is 4.90 Å². The average Bonchev–Trinajstić information content (AvgIpc) is 2.28. The second kappa shape index (κ2) is 3.57. The minimum atomic E-state index is 0.978. The first kappa shape index (κ1) is 7.60. The van der Waals surface area contributed by atoms with Crippen molar-refractivity contribution in [3.63, 3.8) is 0 Å². The Balaban J connectivity index is 1.93. The van der Waals surface area contributed by atoms with Gasteiger partial charge in [-0.25, -0.2) is 0 Å². The monoisotopic (exact) mass is 153 g/mol. The van der Waals surface area contributed by atoms with Crippen molar-refractivity contribution in [3.8, 4) is 0 Å². The number of fused-ring (bicyclic) bond motifs is 1. The summed E-state index contributed by atoms with van der Waals surface area (Å²) < 4.78 is 0. The van der Waals surface area contributed by atoms with E-state index >= 15 is 0 Å². The molecule has 0 bridgehead atoms. The fourth-order valence-corrected chi connectivity index (χ4v) is 2.55. The summed E-state index contributed by atoms with van der Waals surface area (Å²) in [6.45, 7) is 2.79. The van der Waals surface area contributed by atoms with Crippen LogP contribution in [-0.2, 0) is 0 Å². The van der Waals surface area contributed by atoms with E-state index in [1.807, 2.05) is 0 Å². The molecule has 2 saturated heterocycles. The van der Waals surface area contributed by atoms with Gasteiger partial charge in [-0.15, -0.1) is 0 Å². The van der Waals surface area contributed by atoms with E-state index in [1.54, 1.807) is 0 Å². The van der Waals surface area contributed by atoms with E-state index in [0.29, 0.717) is 0 Å². The van der Waals surface area contributed by atoms with Crippen LogP contribution in [0.3, 0.4) is 0 Å².